The van der Waals surface area contributed by atoms with E-state index in [1.54, 1.807) is 30.3 Å². The largest absolute Gasteiger partial charge is 0.480 e. The van der Waals surface area contributed by atoms with E-state index in [1.165, 1.54) is 13.8 Å². The molecule has 2 unspecified atom stereocenters. The van der Waals surface area contributed by atoms with Crippen molar-refractivity contribution in [2.45, 2.75) is 25.3 Å². The zero-order chi connectivity index (χ0) is 13.9. The molecular formula is C11H15NO5S. The maximum atomic E-state index is 11.2. The lowest BCUT2D eigenvalue weighted by Gasteiger charge is -2.32. The summed E-state index contributed by atoms with van der Waals surface area (Å²) in [6.07, 6.45) is 0. The van der Waals surface area contributed by atoms with Crippen LogP contribution in [0.1, 0.15) is 13.8 Å². The lowest BCUT2D eigenvalue weighted by molar-refractivity contribution is -0.138. The molecule has 1 aromatic rings. The highest BCUT2D eigenvalue weighted by molar-refractivity contribution is 7.86. The van der Waals surface area contributed by atoms with Gasteiger partial charge in [-0.3, -0.25) is 4.55 Å². The van der Waals surface area contributed by atoms with E-state index in [1.807, 2.05) is 0 Å². The molecule has 7 heteroatoms. The average Bonchev–Trinajstić information content (AvgIpc) is 2.29. The highest BCUT2D eigenvalue weighted by Gasteiger charge is 2.32. The molecule has 1 rings (SSSR count). The molecule has 0 spiro atoms. The predicted octanol–water partition coefficient (Wildman–Crippen LogP) is 1.20. The normalized spacial score (nSPS) is 14.8. The molecule has 0 aliphatic heterocycles. The van der Waals surface area contributed by atoms with Crippen molar-refractivity contribution in [2.24, 2.45) is 0 Å². The summed E-state index contributed by atoms with van der Waals surface area (Å²) in [6.45, 7) is 2.60. The summed E-state index contributed by atoms with van der Waals surface area (Å²) >= 11 is 0. The fourth-order valence-corrected chi connectivity index (χ4v) is 2.20. The van der Waals surface area contributed by atoms with Crippen LogP contribution >= 0.6 is 0 Å². The van der Waals surface area contributed by atoms with Crippen molar-refractivity contribution < 1.29 is 22.9 Å². The highest BCUT2D eigenvalue weighted by Crippen LogP contribution is 2.22. The average molecular weight is 273 g/mol. The van der Waals surface area contributed by atoms with E-state index >= 15 is 0 Å². The number of anilines is 1. The van der Waals surface area contributed by atoms with Gasteiger partial charge in [0.25, 0.3) is 10.1 Å². The zero-order valence-electron chi connectivity index (χ0n) is 10.0. The second-order valence-corrected chi connectivity index (χ2v) is 5.58. The Kier molecular flexibility index (Phi) is 4.31. The van der Waals surface area contributed by atoms with E-state index in [9.17, 15) is 13.2 Å². The van der Waals surface area contributed by atoms with E-state index in [0.717, 1.165) is 4.90 Å². The first kappa shape index (κ1) is 14.5. The van der Waals surface area contributed by atoms with Crippen molar-refractivity contribution in [2.75, 3.05) is 4.90 Å². The minimum absolute atomic E-state index is 0.414. The monoisotopic (exact) mass is 273 g/mol. The molecule has 2 atom stereocenters. The summed E-state index contributed by atoms with van der Waals surface area (Å²) in [5, 5.41) is 7.67. The van der Waals surface area contributed by atoms with Gasteiger partial charge in [-0.2, -0.15) is 8.42 Å². The van der Waals surface area contributed by atoms with Crippen LogP contribution in [-0.4, -0.2) is 35.5 Å². The quantitative estimate of drug-likeness (QED) is 0.783. The lowest BCUT2D eigenvalue weighted by Crippen LogP contribution is -2.48. The van der Waals surface area contributed by atoms with Crippen molar-refractivity contribution >= 4 is 21.8 Å². The third-order valence-electron chi connectivity index (χ3n) is 2.65. The van der Waals surface area contributed by atoms with Gasteiger partial charge in [0.2, 0.25) is 0 Å². The molecule has 0 saturated heterocycles. The molecule has 0 saturated carbocycles. The Morgan fingerprint density at radius 1 is 1.22 bits per heavy atom. The first-order chi connectivity index (χ1) is 8.25. The first-order valence-electron chi connectivity index (χ1n) is 5.27. The standard InChI is InChI=1S/C11H15NO5S/c1-8(11(13)14)12(9(2)18(15,16)17)10-6-4-3-5-7-10/h3-9H,1-2H3,(H,13,14)(H,15,16,17). The molecule has 0 aliphatic carbocycles. The fraction of sp³-hybridized carbons (Fsp3) is 0.364. The van der Waals surface area contributed by atoms with Crippen molar-refractivity contribution in [3.05, 3.63) is 30.3 Å². The number of rotatable bonds is 5. The van der Waals surface area contributed by atoms with E-state index in [-0.39, 0.29) is 0 Å². The van der Waals surface area contributed by atoms with Gasteiger partial charge in [0.15, 0.2) is 5.37 Å². The van der Waals surface area contributed by atoms with Crippen molar-refractivity contribution in [3.8, 4) is 0 Å². The molecule has 0 fully saturated rings. The van der Waals surface area contributed by atoms with Crippen LogP contribution in [0.15, 0.2) is 30.3 Å². The topological polar surface area (TPSA) is 94.9 Å². The Bertz CT molecular complexity index is 513. The smallest absolute Gasteiger partial charge is 0.326 e. The Balaban J connectivity index is 3.24. The molecule has 0 heterocycles. The number of carboxylic acids is 1. The number of benzene rings is 1. The van der Waals surface area contributed by atoms with Crippen LogP contribution in [0.3, 0.4) is 0 Å². The summed E-state index contributed by atoms with van der Waals surface area (Å²) < 4.78 is 31.5. The van der Waals surface area contributed by atoms with Crippen LogP contribution < -0.4 is 4.90 Å². The number of hydrogen-bond donors (Lipinski definition) is 2. The molecule has 0 bridgehead atoms. The van der Waals surface area contributed by atoms with Crippen LogP contribution in [0.2, 0.25) is 0 Å². The summed E-state index contributed by atoms with van der Waals surface area (Å²) in [5.74, 6) is -1.17. The SMILES string of the molecule is CC(C(=O)O)N(c1ccccc1)C(C)S(=O)(=O)O. The predicted molar refractivity (Wildman–Crippen MR) is 67.0 cm³/mol. The number of carbonyl (C=O) groups is 1. The summed E-state index contributed by atoms with van der Waals surface area (Å²) in [4.78, 5) is 12.2. The molecule has 0 radical (unpaired) electrons. The summed E-state index contributed by atoms with van der Waals surface area (Å²) in [5.41, 5.74) is 0.414. The lowest BCUT2D eigenvalue weighted by atomic mass is 10.2. The minimum atomic E-state index is -4.37. The third kappa shape index (κ3) is 3.21. The van der Waals surface area contributed by atoms with Gasteiger partial charge in [-0.1, -0.05) is 18.2 Å². The van der Waals surface area contributed by atoms with Gasteiger partial charge in [-0.05, 0) is 26.0 Å². The number of hydrogen-bond acceptors (Lipinski definition) is 4. The molecule has 0 aromatic heterocycles. The van der Waals surface area contributed by atoms with E-state index < -0.39 is 27.5 Å². The van der Waals surface area contributed by atoms with Crippen LogP contribution in [0, 0.1) is 0 Å². The Hall–Kier alpha value is -1.60. The Morgan fingerprint density at radius 2 is 1.72 bits per heavy atom. The minimum Gasteiger partial charge on any atom is -0.480 e. The first-order valence-corrected chi connectivity index (χ1v) is 6.78. The molecule has 2 N–H and O–H groups in total. The third-order valence-corrected chi connectivity index (χ3v) is 3.74. The summed E-state index contributed by atoms with van der Waals surface area (Å²) in [7, 11) is -4.37. The van der Waals surface area contributed by atoms with Gasteiger partial charge in [-0.15, -0.1) is 0 Å². The number of aliphatic carboxylic acids is 1. The molecule has 18 heavy (non-hydrogen) atoms. The Morgan fingerprint density at radius 3 is 2.11 bits per heavy atom. The van der Waals surface area contributed by atoms with Crippen molar-refractivity contribution in [3.63, 3.8) is 0 Å². The Labute approximate surface area is 106 Å². The van der Waals surface area contributed by atoms with Crippen molar-refractivity contribution in [1.82, 2.24) is 0 Å². The number of para-hydroxylation sites is 1. The maximum absolute atomic E-state index is 11.2. The van der Waals surface area contributed by atoms with Crippen LogP contribution in [-0.2, 0) is 14.9 Å². The zero-order valence-corrected chi connectivity index (χ0v) is 10.8. The van der Waals surface area contributed by atoms with Crippen molar-refractivity contribution in [1.29, 1.82) is 0 Å². The van der Waals surface area contributed by atoms with E-state index in [2.05, 4.69) is 0 Å². The van der Waals surface area contributed by atoms with Crippen LogP contribution in [0.25, 0.3) is 0 Å². The van der Waals surface area contributed by atoms with E-state index in [0.29, 0.717) is 5.69 Å². The number of nitrogens with zero attached hydrogens (tertiary/aromatic N) is 1. The van der Waals surface area contributed by atoms with Gasteiger partial charge in [0.1, 0.15) is 6.04 Å². The maximum Gasteiger partial charge on any atom is 0.326 e. The highest BCUT2D eigenvalue weighted by atomic mass is 32.2. The van der Waals surface area contributed by atoms with Gasteiger partial charge >= 0.3 is 5.97 Å². The van der Waals surface area contributed by atoms with Gasteiger partial charge in [-0.25, -0.2) is 4.79 Å². The van der Waals surface area contributed by atoms with Gasteiger partial charge in [0, 0.05) is 5.69 Å². The molecule has 0 aliphatic rings. The second kappa shape index (κ2) is 5.36. The molecule has 1 aromatic carbocycles. The fourth-order valence-electron chi connectivity index (χ4n) is 1.61. The van der Waals surface area contributed by atoms with Crippen LogP contribution in [0.5, 0.6) is 0 Å². The van der Waals surface area contributed by atoms with Crippen LogP contribution in [0.4, 0.5) is 5.69 Å². The van der Waals surface area contributed by atoms with Gasteiger partial charge < -0.3 is 10.0 Å². The molecule has 6 nitrogen and oxygen atoms in total. The summed E-state index contributed by atoms with van der Waals surface area (Å²) in [6, 6.07) is 7.14. The molecule has 0 amide bonds. The number of carboxylic acid groups (broad SMARTS) is 1. The van der Waals surface area contributed by atoms with E-state index in [4.69, 9.17) is 9.66 Å². The van der Waals surface area contributed by atoms with Gasteiger partial charge in [0.05, 0.1) is 0 Å². The molecular weight excluding hydrogens is 258 g/mol. The second-order valence-electron chi connectivity index (χ2n) is 3.87. The molecule has 100 valence electrons.